The molecule has 1 N–H and O–H groups in total. The molecule has 9 heteroatoms. The summed E-state index contributed by atoms with van der Waals surface area (Å²) >= 11 is 0. The van der Waals surface area contributed by atoms with Gasteiger partial charge in [0, 0.05) is 31.5 Å². The molecule has 1 atom stereocenters. The van der Waals surface area contributed by atoms with Gasteiger partial charge >= 0.3 is 6.18 Å². The molecule has 22 heavy (non-hydrogen) atoms. The summed E-state index contributed by atoms with van der Waals surface area (Å²) in [7, 11) is 0. The average molecular weight is 315 g/mol. The Hall–Kier alpha value is -1.90. The van der Waals surface area contributed by atoms with Crippen molar-refractivity contribution in [1.82, 2.24) is 19.6 Å². The Bertz CT molecular complexity index is 684. The molecular weight excluding hydrogens is 299 g/mol. The number of aliphatic hydroxyl groups excluding tert-OH is 1. The topological polar surface area (TPSA) is 66.5 Å². The molecule has 3 heterocycles. The molecule has 6 nitrogen and oxygen atoms in total. The third kappa shape index (κ3) is 2.72. The predicted octanol–water partition coefficient (Wildman–Crippen LogP) is 1.66. The highest BCUT2D eigenvalue weighted by Crippen LogP contribution is 2.29. The second-order valence-corrected chi connectivity index (χ2v) is 5.54. The Morgan fingerprint density at radius 3 is 2.82 bits per heavy atom. The highest BCUT2D eigenvalue weighted by atomic mass is 19.4. The Kier molecular flexibility index (Phi) is 3.67. The van der Waals surface area contributed by atoms with Crippen molar-refractivity contribution in [3.63, 3.8) is 0 Å². The third-order valence-electron chi connectivity index (χ3n) is 3.78. The number of piperidine rings is 1. The molecule has 1 aliphatic heterocycles. The van der Waals surface area contributed by atoms with E-state index in [1.54, 1.807) is 13.0 Å². The number of aliphatic hydroxyl groups is 1. The molecule has 0 bridgehead atoms. The van der Waals surface area contributed by atoms with Gasteiger partial charge in [0.05, 0.1) is 0 Å². The van der Waals surface area contributed by atoms with E-state index in [9.17, 15) is 18.3 Å². The van der Waals surface area contributed by atoms with Gasteiger partial charge in [-0.1, -0.05) is 0 Å². The molecule has 1 saturated heterocycles. The standard InChI is InChI=1S/C13H16F3N5O/c1-8-5-10(20-4-2-3-9(6-20)7-22)21-12(17-8)18-11(19-21)13(14,15)16/h5,9,22H,2-4,6-7H2,1H3. The van der Waals surface area contributed by atoms with Gasteiger partial charge in [-0.25, -0.2) is 4.98 Å². The van der Waals surface area contributed by atoms with E-state index in [0.29, 0.717) is 24.6 Å². The summed E-state index contributed by atoms with van der Waals surface area (Å²) in [5, 5.41) is 12.9. The number of alkyl halides is 3. The number of anilines is 1. The maximum absolute atomic E-state index is 12.8. The van der Waals surface area contributed by atoms with Crippen LogP contribution in [0.25, 0.3) is 5.78 Å². The Morgan fingerprint density at radius 1 is 1.36 bits per heavy atom. The second-order valence-electron chi connectivity index (χ2n) is 5.54. The first-order valence-corrected chi connectivity index (χ1v) is 7.06. The molecule has 2 aromatic rings. The fraction of sp³-hybridized carbons (Fsp3) is 0.615. The van der Waals surface area contributed by atoms with Crippen molar-refractivity contribution in [3.05, 3.63) is 17.6 Å². The van der Waals surface area contributed by atoms with Crippen LogP contribution in [0, 0.1) is 12.8 Å². The molecular formula is C13H16F3N5O. The Labute approximate surface area is 124 Å². The van der Waals surface area contributed by atoms with Crippen LogP contribution < -0.4 is 4.90 Å². The SMILES string of the molecule is Cc1cc(N2CCCC(CO)C2)n2nc(C(F)(F)F)nc2n1. The Balaban J connectivity index is 2.06. The summed E-state index contributed by atoms with van der Waals surface area (Å²) in [6.07, 6.45) is -2.82. The van der Waals surface area contributed by atoms with Crippen molar-refractivity contribution in [1.29, 1.82) is 0 Å². The number of fused-ring (bicyclic) bond motifs is 1. The van der Waals surface area contributed by atoms with E-state index in [2.05, 4.69) is 15.1 Å². The summed E-state index contributed by atoms with van der Waals surface area (Å²) in [6, 6.07) is 1.70. The molecule has 3 rings (SSSR count). The molecule has 2 aromatic heterocycles. The monoisotopic (exact) mass is 315 g/mol. The van der Waals surface area contributed by atoms with Gasteiger partial charge in [0.1, 0.15) is 5.82 Å². The van der Waals surface area contributed by atoms with Crippen molar-refractivity contribution >= 4 is 11.6 Å². The average Bonchev–Trinajstić information content (AvgIpc) is 2.90. The Morgan fingerprint density at radius 2 is 2.14 bits per heavy atom. The maximum atomic E-state index is 12.8. The summed E-state index contributed by atoms with van der Waals surface area (Å²) in [4.78, 5) is 9.43. The molecule has 0 aliphatic carbocycles. The van der Waals surface area contributed by atoms with Crippen molar-refractivity contribution in [3.8, 4) is 0 Å². The minimum absolute atomic E-state index is 0.0616. The molecule has 0 amide bonds. The van der Waals surface area contributed by atoms with Crippen LogP contribution in [0.4, 0.5) is 19.0 Å². The summed E-state index contributed by atoms with van der Waals surface area (Å²) < 4.78 is 39.5. The van der Waals surface area contributed by atoms with Crippen LogP contribution in [0.2, 0.25) is 0 Å². The van der Waals surface area contributed by atoms with Crippen LogP contribution in [0.3, 0.4) is 0 Å². The normalized spacial score (nSPS) is 19.9. The first kappa shape index (κ1) is 15.0. The van der Waals surface area contributed by atoms with Gasteiger partial charge in [-0.15, -0.1) is 5.10 Å². The van der Waals surface area contributed by atoms with Crippen LogP contribution in [0.1, 0.15) is 24.4 Å². The highest BCUT2D eigenvalue weighted by Gasteiger charge is 2.37. The second kappa shape index (κ2) is 5.38. The van der Waals surface area contributed by atoms with Gasteiger partial charge in [-0.05, 0) is 25.7 Å². The molecule has 0 saturated carbocycles. The number of aromatic nitrogens is 4. The number of hydrogen-bond acceptors (Lipinski definition) is 5. The fourth-order valence-corrected chi connectivity index (χ4v) is 2.74. The van der Waals surface area contributed by atoms with Crippen molar-refractivity contribution in [2.24, 2.45) is 5.92 Å². The predicted molar refractivity (Wildman–Crippen MR) is 72.5 cm³/mol. The molecule has 1 aliphatic rings. The van der Waals surface area contributed by atoms with Gasteiger partial charge in [0.2, 0.25) is 0 Å². The zero-order valence-electron chi connectivity index (χ0n) is 12.0. The van der Waals surface area contributed by atoms with Gasteiger partial charge in [0.25, 0.3) is 11.6 Å². The zero-order chi connectivity index (χ0) is 15.9. The minimum Gasteiger partial charge on any atom is -0.396 e. The number of rotatable bonds is 2. The van der Waals surface area contributed by atoms with E-state index < -0.39 is 12.0 Å². The van der Waals surface area contributed by atoms with Crippen LogP contribution >= 0.6 is 0 Å². The quantitative estimate of drug-likeness (QED) is 0.913. The van der Waals surface area contributed by atoms with Gasteiger partial charge in [0.15, 0.2) is 0 Å². The van der Waals surface area contributed by atoms with Crippen LogP contribution in [0.15, 0.2) is 6.07 Å². The van der Waals surface area contributed by atoms with Crippen molar-refractivity contribution in [2.75, 3.05) is 24.6 Å². The highest BCUT2D eigenvalue weighted by molar-refractivity contribution is 5.48. The molecule has 120 valence electrons. The number of nitrogens with zero attached hydrogens (tertiary/aromatic N) is 5. The molecule has 1 unspecified atom stereocenters. The lowest BCUT2D eigenvalue weighted by Crippen LogP contribution is -2.38. The van der Waals surface area contributed by atoms with E-state index in [-0.39, 0.29) is 18.3 Å². The molecule has 0 radical (unpaired) electrons. The van der Waals surface area contributed by atoms with Gasteiger partial charge < -0.3 is 10.0 Å². The van der Waals surface area contributed by atoms with E-state index >= 15 is 0 Å². The van der Waals surface area contributed by atoms with Crippen LogP contribution in [-0.4, -0.2) is 44.4 Å². The number of hydrogen-bond donors (Lipinski definition) is 1. The van der Waals surface area contributed by atoms with Crippen molar-refractivity contribution in [2.45, 2.75) is 25.9 Å². The van der Waals surface area contributed by atoms with E-state index in [1.807, 2.05) is 4.90 Å². The summed E-state index contributed by atoms with van der Waals surface area (Å²) in [5.74, 6) is -0.609. The summed E-state index contributed by atoms with van der Waals surface area (Å²) in [6.45, 7) is 3.06. The van der Waals surface area contributed by atoms with E-state index in [4.69, 9.17) is 0 Å². The molecule has 0 aromatic carbocycles. The fourth-order valence-electron chi connectivity index (χ4n) is 2.74. The minimum atomic E-state index is -4.60. The largest absolute Gasteiger partial charge is 0.453 e. The third-order valence-corrected chi connectivity index (χ3v) is 3.78. The first-order chi connectivity index (χ1) is 10.4. The number of aryl methyl sites for hydroxylation is 1. The lowest BCUT2D eigenvalue weighted by molar-refractivity contribution is -0.144. The first-order valence-electron chi connectivity index (χ1n) is 7.06. The molecule has 0 spiro atoms. The van der Waals surface area contributed by atoms with Crippen LogP contribution in [0.5, 0.6) is 0 Å². The van der Waals surface area contributed by atoms with Crippen molar-refractivity contribution < 1.29 is 18.3 Å². The smallest absolute Gasteiger partial charge is 0.396 e. The number of halogens is 3. The maximum Gasteiger partial charge on any atom is 0.453 e. The lowest BCUT2D eigenvalue weighted by atomic mass is 9.99. The van der Waals surface area contributed by atoms with Crippen LogP contribution in [-0.2, 0) is 6.18 Å². The van der Waals surface area contributed by atoms with Gasteiger partial charge in [-0.3, -0.25) is 0 Å². The zero-order valence-corrected chi connectivity index (χ0v) is 12.0. The summed E-state index contributed by atoms with van der Waals surface area (Å²) in [5.41, 5.74) is 0.578. The van der Waals surface area contributed by atoms with E-state index in [0.717, 1.165) is 17.4 Å². The lowest BCUT2D eigenvalue weighted by Gasteiger charge is -2.33. The van der Waals surface area contributed by atoms with E-state index in [1.165, 1.54) is 0 Å². The molecule has 1 fully saturated rings. The van der Waals surface area contributed by atoms with Gasteiger partial charge in [-0.2, -0.15) is 22.7 Å².